The molecule has 9 nitrogen and oxygen atoms in total. The Bertz CT molecular complexity index is 1670. The fraction of sp³-hybridized carbons (Fsp3) is 0.487. The molecule has 0 unspecified atom stereocenters. The number of ketones is 3. The molecule has 1 aromatic rings. The van der Waals surface area contributed by atoms with E-state index in [2.05, 4.69) is 6.08 Å². The average Bonchev–Trinajstić information content (AvgIpc) is 2.95. The number of carbonyl (C=O) groups is 6. The molecule has 1 fully saturated rings. The summed E-state index contributed by atoms with van der Waals surface area (Å²) in [7, 11) is 0. The monoisotopic (exact) mass is 660 g/mol. The van der Waals surface area contributed by atoms with Crippen molar-refractivity contribution in [3.8, 4) is 11.5 Å². The van der Waals surface area contributed by atoms with Crippen molar-refractivity contribution in [1.82, 2.24) is 0 Å². The number of ether oxygens (including phenoxy) is 3. The van der Waals surface area contributed by atoms with Crippen LogP contribution in [-0.2, 0) is 28.7 Å². The van der Waals surface area contributed by atoms with Crippen molar-refractivity contribution in [3.63, 3.8) is 0 Å². The van der Waals surface area contributed by atoms with E-state index in [1.54, 1.807) is 0 Å². The van der Waals surface area contributed by atoms with Gasteiger partial charge in [-0.15, -0.1) is 0 Å². The molecule has 0 spiro atoms. The van der Waals surface area contributed by atoms with E-state index in [1.807, 2.05) is 67.5 Å². The van der Waals surface area contributed by atoms with E-state index < -0.39 is 51.3 Å². The lowest BCUT2D eigenvalue weighted by molar-refractivity contribution is -0.172. The molecule has 0 N–H and O–H groups in total. The van der Waals surface area contributed by atoms with Crippen LogP contribution in [0.1, 0.15) is 112 Å². The summed E-state index contributed by atoms with van der Waals surface area (Å²) in [5.74, 6) is -4.86. The molecule has 3 atom stereocenters. The highest BCUT2D eigenvalue weighted by atomic mass is 16.6. The third kappa shape index (κ3) is 7.20. The smallest absolute Gasteiger partial charge is 0.308 e. The molecule has 258 valence electrons. The van der Waals surface area contributed by atoms with Crippen molar-refractivity contribution in [3.05, 3.63) is 70.0 Å². The average molecular weight is 661 g/mol. The summed E-state index contributed by atoms with van der Waals surface area (Å²) in [5.41, 5.74) is -1.66. The second kappa shape index (κ2) is 14.4. The summed E-state index contributed by atoms with van der Waals surface area (Å²) >= 11 is 0. The van der Waals surface area contributed by atoms with E-state index in [-0.39, 0.29) is 53.8 Å². The number of benzene rings is 1. The Morgan fingerprint density at radius 3 is 1.77 bits per heavy atom. The van der Waals surface area contributed by atoms with Crippen molar-refractivity contribution in [2.24, 2.45) is 22.2 Å². The van der Waals surface area contributed by atoms with Crippen LogP contribution in [0.5, 0.6) is 11.5 Å². The van der Waals surface area contributed by atoms with E-state index in [9.17, 15) is 19.2 Å². The van der Waals surface area contributed by atoms with Crippen LogP contribution in [-0.4, -0.2) is 35.3 Å². The zero-order chi connectivity index (χ0) is 36.4. The van der Waals surface area contributed by atoms with Gasteiger partial charge in [-0.25, -0.2) is 0 Å². The molecule has 1 saturated carbocycles. The second-order valence-corrected chi connectivity index (χ2v) is 14.2. The van der Waals surface area contributed by atoms with E-state index in [4.69, 9.17) is 14.2 Å². The molecule has 0 heterocycles. The molecule has 0 radical (unpaired) electrons. The van der Waals surface area contributed by atoms with E-state index in [0.717, 1.165) is 23.6 Å². The summed E-state index contributed by atoms with van der Waals surface area (Å²) in [5, 5.41) is 0. The normalized spacial score (nSPS) is 22.7. The number of hydrogen-bond donors (Lipinski definition) is 0. The van der Waals surface area contributed by atoms with Crippen molar-refractivity contribution in [2.45, 2.75) is 102 Å². The predicted molar refractivity (Wildman–Crippen MR) is 181 cm³/mol. The molecule has 3 rings (SSSR count). The molecule has 0 aromatic heterocycles. The largest absolute Gasteiger partial charge is 0.429 e. The molecule has 2 aliphatic rings. The van der Waals surface area contributed by atoms with Gasteiger partial charge in [0.25, 0.3) is 0 Å². The lowest BCUT2D eigenvalue weighted by Crippen LogP contribution is -2.66. The Morgan fingerprint density at radius 2 is 1.25 bits per heavy atom. The van der Waals surface area contributed by atoms with Gasteiger partial charge >= 0.3 is 17.9 Å². The summed E-state index contributed by atoms with van der Waals surface area (Å²) in [6, 6.07) is 3.82. The quantitative estimate of drug-likeness (QED) is 0.0583. The van der Waals surface area contributed by atoms with Gasteiger partial charge in [0.2, 0.25) is 0 Å². The molecular formula is C39H48O9. The van der Waals surface area contributed by atoms with Crippen molar-refractivity contribution >= 4 is 35.3 Å². The molecule has 0 saturated heterocycles. The molecule has 9 heteroatoms. The van der Waals surface area contributed by atoms with Gasteiger partial charge in [-0.05, 0) is 96.8 Å². The standard InChI is InChI=1S/C39H48O9/c1-22(2)12-14-29-21-38(18-16-23(3)4)34(44)32(33(43)28-13-15-30(46-25(7)40)31(20-28)47-26(8)41)35(48-27(9)42)39(36(38)45,37(29,10)11)19-17-24(5)6/h12-13,15-17,20,29H,14,18-19,21H2,1-11H3/t29-,38+,39-/m0/s1. The first-order chi connectivity index (χ1) is 22.2. The summed E-state index contributed by atoms with van der Waals surface area (Å²) < 4.78 is 16.4. The fourth-order valence-electron chi connectivity index (χ4n) is 6.93. The Morgan fingerprint density at radius 1 is 0.729 bits per heavy atom. The van der Waals surface area contributed by atoms with Crippen LogP contribution in [0.3, 0.4) is 0 Å². The van der Waals surface area contributed by atoms with Crippen molar-refractivity contribution in [2.75, 3.05) is 0 Å². The van der Waals surface area contributed by atoms with Gasteiger partial charge in [0.05, 0.1) is 10.8 Å². The van der Waals surface area contributed by atoms with Crippen LogP contribution >= 0.6 is 0 Å². The minimum Gasteiger partial charge on any atom is -0.429 e. The van der Waals surface area contributed by atoms with Crippen LogP contribution in [0.2, 0.25) is 0 Å². The zero-order valence-corrected chi connectivity index (χ0v) is 30.0. The number of fused-ring (bicyclic) bond motifs is 2. The van der Waals surface area contributed by atoms with Crippen molar-refractivity contribution < 1.29 is 43.0 Å². The fourth-order valence-corrected chi connectivity index (χ4v) is 6.93. The molecule has 2 aliphatic carbocycles. The Labute approximate surface area is 283 Å². The lowest BCUT2D eigenvalue weighted by atomic mass is 9.40. The number of esters is 3. The van der Waals surface area contributed by atoms with Gasteiger partial charge in [0.15, 0.2) is 28.8 Å². The van der Waals surface area contributed by atoms with Crippen LogP contribution < -0.4 is 9.47 Å². The molecule has 48 heavy (non-hydrogen) atoms. The topological polar surface area (TPSA) is 130 Å². The van der Waals surface area contributed by atoms with E-state index in [1.165, 1.54) is 32.0 Å². The molecule has 0 aliphatic heterocycles. The van der Waals surface area contributed by atoms with Gasteiger partial charge in [-0.3, -0.25) is 28.8 Å². The third-order valence-corrected chi connectivity index (χ3v) is 9.49. The van der Waals surface area contributed by atoms with Crippen LogP contribution in [0.15, 0.2) is 64.5 Å². The third-order valence-electron chi connectivity index (χ3n) is 9.49. The van der Waals surface area contributed by atoms with Gasteiger partial charge in [-0.2, -0.15) is 0 Å². The number of carbonyl (C=O) groups excluding carboxylic acids is 6. The minimum absolute atomic E-state index is 0.0686. The van der Waals surface area contributed by atoms with Gasteiger partial charge < -0.3 is 14.2 Å². The number of rotatable bonds is 11. The maximum Gasteiger partial charge on any atom is 0.308 e. The van der Waals surface area contributed by atoms with Crippen LogP contribution in [0, 0.1) is 22.2 Å². The first-order valence-electron chi connectivity index (χ1n) is 16.2. The lowest BCUT2D eigenvalue weighted by Gasteiger charge is -2.60. The number of hydrogen-bond acceptors (Lipinski definition) is 9. The summed E-state index contributed by atoms with van der Waals surface area (Å²) in [4.78, 5) is 81.6. The summed E-state index contributed by atoms with van der Waals surface area (Å²) in [6.07, 6.45) is 6.76. The first-order valence-corrected chi connectivity index (χ1v) is 16.2. The Kier molecular flexibility index (Phi) is 11.4. The van der Waals surface area contributed by atoms with Gasteiger partial charge in [-0.1, -0.05) is 48.8 Å². The Hall–Kier alpha value is -4.40. The molecule has 2 bridgehead atoms. The van der Waals surface area contributed by atoms with Crippen molar-refractivity contribution in [1.29, 1.82) is 0 Å². The molecular weight excluding hydrogens is 612 g/mol. The molecule has 1 aromatic carbocycles. The minimum atomic E-state index is -1.62. The number of allylic oxidation sites excluding steroid dienone is 8. The maximum atomic E-state index is 15.3. The van der Waals surface area contributed by atoms with Gasteiger partial charge in [0.1, 0.15) is 11.3 Å². The highest BCUT2D eigenvalue weighted by Gasteiger charge is 2.72. The van der Waals surface area contributed by atoms with Crippen LogP contribution in [0.4, 0.5) is 0 Å². The zero-order valence-electron chi connectivity index (χ0n) is 30.0. The van der Waals surface area contributed by atoms with Crippen LogP contribution in [0.25, 0.3) is 0 Å². The molecule has 0 amide bonds. The number of Topliss-reactive ketones (excluding diaryl/α,β-unsaturated/α-hetero) is 3. The SMILES string of the molecule is CC(=O)OC1=C(C(=O)c2ccc(OC(C)=O)c(OC(C)=O)c2)C(=O)[C@@]2(CC=C(C)C)C[C@H](CC=C(C)C)C(C)(C)[C@]1(CC=C(C)C)C2=O. The predicted octanol–water partition coefficient (Wildman–Crippen LogP) is 7.78. The Balaban J connectivity index is 2.54. The van der Waals surface area contributed by atoms with Gasteiger partial charge in [0, 0.05) is 26.3 Å². The first kappa shape index (κ1) is 38.1. The van der Waals surface area contributed by atoms with E-state index in [0.29, 0.717) is 6.42 Å². The maximum absolute atomic E-state index is 15.3. The highest BCUT2D eigenvalue weighted by Crippen LogP contribution is 2.67. The van der Waals surface area contributed by atoms with E-state index >= 15 is 9.59 Å². The summed E-state index contributed by atoms with van der Waals surface area (Å²) in [6.45, 7) is 18.9. The second-order valence-electron chi connectivity index (χ2n) is 14.2. The highest BCUT2D eigenvalue weighted by molar-refractivity contribution is 6.35.